The smallest absolute Gasteiger partial charge is 0.455 e. The summed E-state index contributed by atoms with van der Waals surface area (Å²) in [5.41, 5.74) is 5.61. The Morgan fingerprint density at radius 2 is 1.67 bits per heavy atom. The summed E-state index contributed by atoms with van der Waals surface area (Å²) in [6.45, 7) is 2.23. The summed E-state index contributed by atoms with van der Waals surface area (Å²) in [5.74, 6) is -1.68. The minimum absolute atomic E-state index is 0.0881. The third kappa shape index (κ3) is 7.01. The maximum absolute atomic E-state index is 14.2. The topological polar surface area (TPSA) is 111 Å². The van der Waals surface area contributed by atoms with Crippen molar-refractivity contribution in [1.82, 2.24) is 9.80 Å². The molecule has 3 aromatic carbocycles. The number of fused-ring (bicyclic) bond motifs is 3. The highest BCUT2D eigenvalue weighted by molar-refractivity contribution is 6.43. The van der Waals surface area contributed by atoms with Crippen LogP contribution in [0.4, 0.5) is 0 Å². The van der Waals surface area contributed by atoms with Crippen molar-refractivity contribution in [3.63, 3.8) is 0 Å². The second kappa shape index (κ2) is 14.6. The van der Waals surface area contributed by atoms with Gasteiger partial charge in [0.15, 0.2) is 0 Å². The number of amides is 2. The van der Waals surface area contributed by atoms with Gasteiger partial charge in [-0.05, 0) is 102 Å². The summed E-state index contributed by atoms with van der Waals surface area (Å²) in [6.07, 6.45) is 4.51. The van der Waals surface area contributed by atoms with E-state index >= 15 is 0 Å². The third-order valence-electron chi connectivity index (χ3n) is 10.8. The molecule has 3 aromatic rings. The standard InChI is InChI=1S/C39H42BClN2O6/c41-34-21-31(45)13-11-28(34)19-27(26-9-5-2-6-10-26)12-14-35-36-29(24-44)20-32-37(33(36)22-40(48)49-35)39(47)43(38(32)46)30-15-17-42(18-16-30)23-25-7-3-1-4-8-25/h1-11,13,19,21,30,32-33,35,37,44-45,48H,12,14-18,20,22-24H2/b27-19-/t32-,33+,35-,37-/m1/s1. The number of halogens is 1. The van der Waals surface area contributed by atoms with Gasteiger partial charge in [-0.2, -0.15) is 0 Å². The van der Waals surface area contributed by atoms with Gasteiger partial charge in [0, 0.05) is 25.7 Å². The first-order chi connectivity index (χ1) is 23.8. The summed E-state index contributed by atoms with van der Waals surface area (Å²) in [4.78, 5) is 32.1. The number of carbonyl (C=O) groups is 2. The first-order valence-corrected chi connectivity index (χ1v) is 17.7. The second-order valence-electron chi connectivity index (χ2n) is 13.8. The highest BCUT2D eigenvalue weighted by atomic mass is 35.5. The molecule has 0 aromatic heterocycles. The Morgan fingerprint density at radius 3 is 2.37 bits per heavy atom. The highest BCUT2D eigenvalue weighted by Gasteiger charge is 2.58. The number of phenols is 1. The van der Waals surface area contributed by atoms with Crippen LogP contribution >= 0.6 is 11.6 Å². The van der Waals surface area contributed by atoms with Crippen LogP contribution in [-0.2, 0) is 20.8 Å². The van der Waals surface area contributed by atoms with Crippen LogP contribution in [0.2, 0.25) is 11.3 Å². The van der Waals surface area contributed by atoms with Crippen molar-refractivity contribution in [2.24, 2.45) is 17.8 Å². The molecule has 0 saturated carbocycles. The Kier molecular flexibility index (Phi) is 10.1. The maximum Gasteiger partial charge on any atom is 0.455 e. The number of phenolic OH excluding ortho intramolecular Hbond substituents is 1. The number of aliphatic hydroxyl groups excluding tert-OH is 1. The average Bonchev–Trinajstić information content (AvgIpc) is 3.36. The maximum atomic E-state index is 14.2. The van der Waals surface area contributed by atoms with Gasteiger partial charge < -0.3 is 19.9 Å². The van der Waals surface area contributed by atoms with Crippen molar-refractivity contribution in [3.05, 3.63) is 112 Å². The van der Waals surface area contributed by atoms with E-state index in [1.165, 1.54) is 11.6 Å². The molecule has 10 heteroatoms. The van der Waals surface area contributed by atoms with Gasteiger partial charge in [0.1, 0.15) is 5.75 Å². The van der Waals surface area contributed by atoms with Crippen LogP contribution in [0.1, 0.15) is 48.8 Å². The number of allylic oxidation sites excluding steroid dienone is 1. The molecule has 3 saturated heterocycles. The fourth-order valence-corrected chi connectivity index (χ4v) is 8.76. The largest absolute Gasteiger partial charge is 0.508 e. The molecule has 0 radical (unpaired) electrons. The highest BCUT2D eigenvalue weighted by Crippen LogP contribution is 2.51. The molecule has 4 atom stereocenters. The fraction of sp³-hybridized carbons (Fsp3) is 0.385. The number of likely N-dealkylation sites (tertiary alicyclic amines) is 2. The molecule has 4 aliphatic rings. The zero-order valence-corrected chi connectivity index (χ0v) is 28.2. The lowest BCUT2D eigenvalue weighted by Crippen LogP contribution is -2.48. The second-order valence-corrected chi connectivity index (χ2v) is 14.2. The van der Waals surface area contributed by atoms with Crippen molar-refractivity contribution in [2.75, 3.05) is 19.7 Å². The zero-order valence-electron chi connectivity index (χ0n) is 27.5. The molecule has 2 amide bonds. The van der Waals surface area contributed by atoms with Crippen LogP contribution in [0.5, 0.6) is 5.75 Å². The van der Waals surface area contributed by atoms with E-state index in [2.05, 4.69) is 17.0 Å². The molecule has 49 heavy (non-hydrogen) atoms. The van der Waals surface area contributed by atoms with Crippen LogP contribution < -0.4 is 0 Å². The number of nitrogens with zero attached hydrogens (tertiary/aromatic N) is 2. The van der Waals surface area contributed by atoms with Gasteiger partial charge in [-0.25, -0.2) is 0 Å². The molecule has 0 bridgehead atoms. The van der Waals surface area contributed by atoms with Crippen LogP contribution in [0.3, 0.4) is 0 Å². The predicted octanol–water partition coefficient (Wildman–Crippen LogP) is 5.82. The fourth-order valence-electron chi connectivity index (χ4n) is 8.53. The van der Waals surface area contributed by atoms with E-state index in [9.17, 15) is 24.8 Å². The van der Waals surface area contributed by atoms with Crippen molar-refractivity contribution in [1.29, 1.82) is 0 Å². The summed E-state index contributed by atoms with van der Waals surface area (Å²) in [5, 5.41) is 31.9. The number of imide groups is 1. The number of aliphatic hydroxyl groups is 1. The van der Waals surface area contributed by atoms with E-state index in [4.69, 9.17) is 16.3 Å². The number of carbonyl (C=O) groups excluding carboxylic acids is 2. The third-order valence-corrected chi connectivity index (χ3v) is 11.2. The van der Waals surface area contributed by atoms with Gasteiger partial charge in [0.25, 0.3) is 0 Å². The first kappa shape index (κ1) is 33.8. The van der Waals surface area contributed by atoms with Gasteiger partial charge in [0.05, 0.1) is 29.6 Å². The van der Waals surface area contributed by atoms with Gasteiger partial charge in [-0.15, -0.1) is 0 Å². The van der Waals surface area contributed by atoms with Gasteiger partial charge in [-0.1, -0.05) is 72.3 Å². The average molecular weight is 681 g/mol. The Bertz CT molecular complexity index is 1740. The Labute approximate surface area is 292 Å². The molecule has 7 rings (SSSR count). The Balaban J connectivity index is 1.10. The molecule has 3 N–H and O–H groups in total. The summed E-state index contributed by atoms with van der Waals surface area (Å²) >= 11 is 6.48. The van der Waals surface area contributed by atoms with E-state index in [-0.39, 0.29) is 42.5 Å². The quantitative estimate of drug-likeness (QED) is 0.113. The van der Waals surface area contributed by atoms with E-state index in [0.29, 0.717) is 24.3 Å². The lowest BCUT2D eigenvalue weighted by molar-refractivity contribution is -0.144. The summed E-state index contributed by atoms with van der Waals surface area (Å²) < 4.78 is 6.16. The minimum atomic E-state index is -1.09. The molecule has 0 spiro atoms. The molecular formula is C39H42BClN2O6. The number of hydrogen-bond donors (Lipinski definition) is 3. The first-order valence-electron chi connectivity index (χ1n) is 17.3. The van der Waals surface area contributed by atoms with E-state index in [1.807, 2.05) is 54.6 Å². The molecule has 3 fully saturated rings. The summed E-state index contributed by atoms with van der Waals surface area (Å²) in [7, 11) is -1.09. The van der Waals surface area contributed by atoms with Gasteiger partial charge in [0.2, 0.25) is 11.8 Å². The number of hydrogen-bond acceptors (Lipinski definition) is 7. The van der Waals surface area contributed by atoms with Crippen LogP contribution in [0.15, 0.2) is 90.0 Å². The number of benzene rings is 3. The van der Waals surface area contributed by atoms with Crippen LogP contribution in [0.25, 0.3) is 11.6 Å². The lowest BCUT2D eigenvalue weighted by Gasteiger charge is -2.43. The van der Waals surface area contributed by atoms with Crippen molar-refractivity contribution >= 4 is 42.2 Å². The molecule has 0 unspecified atom stereocenters. The van der Waals surface area contributed by atoms with Crippen LogP contribution in [0, 0.1) is 17.8 Å². The predicted molar refractivity (Wildman–Crippen MR) is 190 cm³/mol. The van der Waals surface area contributed by atoms with Crippen molar-refractivity contribution < 1.29 is 29.5 Å². The van der Waals surface area contributed by atoms with E-state index < -0.39 is 25.1 Å². The van der Waals surface area contributed by atoms with E-state index in [1.54, 1.807) is 17.0 Å². The molecule has 254 valence electrons. The number of rotatable bonds is 9. The van der Waals surface area contributed by atoms with Gasteiger partial charge in [-0.3, -0.25) is 19.4 Å². The van der Waals surface area contributed by atoms with Gasteiger partial charge >= 0.3 is 7.12 Å². The monoisotopic (exact) mass is 680 g/mol. The SMILES string of the molecule is O=C1[C@@H]2[C@@H](CC(CO)=C3[C@@H](CC/C(=C/c4ccc(O)cc4Cl)c4ccccc4)OB(O)C[C@@H]32)C(=O)N1C1CCN(Cc2ccccc2)CC1. The number of piperidine rings is 1. The minimum Gasteiger partial charge on any atom is -0.508 e. The molecule has 1 aliphatic carbocycles. The molecular weight excluding hydrogens is 639 g/mol. The normalized spacial score (nSPS) is 25.2. The molecule has 3 heterocycles. The summed E-state index contributed by atoms with van der Waals surface area (Å²) in [6, 6.07) is 25.0. The van der Waals surface area contributed by atoms with Crippen molar-refractivity contribution in [2.45, 2.75) is 57.1 Å². The lowest BCUT2D eigenvalue weighted by atomic mass is 9.58. The van der Waals surface area contributed by atoms with Crippen LogP contribution in [-0.4, -0.2) is 75.8 Å². The Morgan fingerprint density at radius 1 is 0.959 bits per heavy atom. The zero-order chi connectivity index (χ0) is 34.1. The number of aromatic hydroxyl groups is 1. The molecule has 3 aliphatic heterocycles. The van der Waals surface area contributed by atoms with Crippen molar-refractivity contribution in [3.8, 4) is 5.75 Å². The Hall–Kier alpha value is -3.73. The molecule has 8 nitrogen and oxygen atoms in total. The van der Waals surface area contributed by atoms with E-state index in [0.717, 1.165) is 60.3 Å².